The van der Waals surface area contributed by atoms with Gasteiger partial charge in [0, 0.05) is 12.1 Å². The molecule has 106 valence electrons. The molecule has 0 N–H and O–H groups in total. The van der Waals surface area contributed by atoms with Crippen LogP contribution in [0, 0.1) is 6.92 Å². The minimum absolute atomic E-state index is 0.201. The van der Waals surface area contributed by atoms with Crippen LogP contribution >= 0.6 is 0 Å². The molecule has 1 rings (SSSR count). The first-order chi connectivity index (χ1) is 8.88. The zero-order valence-electron chi connectivity index (χ0n) is 11.8. The fourth-order valence-electron chi connectivity index (χ4n) is 1.66. The van der Waals surface area contributed by atoms with Gasteiger partial charge in [-0.3, -0.25) is 0 Å². The minimum Gasteiger partial charge on any atom is -0.399 e. The Hall–Kier alpha value is -1.40. The van der Waals surface area contributed by atoms with Crippen molar-refractivity contribution in [1.82, 2.24) is 4.31 Å². The van der Waals surface area contributed by atoms with Crippen molar-refractivity contribution in [2.75, 3.05) is 26.5 Å². The van der Waals surface area contributed by atoms with Crippen LogP contribution in [0.25, 0.3) is 0 Å². The lowest BCUT2D eigenvalue weighted by Crippen LogP contribution is -2.35. The summed E-state index contributed by atoms with van der Waals surface area (Å²) < 4.78 is 24.6. The van der Waals surface area contributed by atoms with E-state index in [1.165, 1.54) is 17.7 Å². The van der Waals surface area contributed by atoms with E-state index in [1.807, 2.05) is 31.2 Å². The van der Waals surface area contributed by atoms with E-state index in [1.54, 1.807) is 6.92 Å². The molecule has 6 heteroatoms. The van der Waals surface area contributed by atoms with Gasteiger partial charge in [0.25, 0.3) is 0 Å². The Morgan fingerprint density at radius 2 is 1.89 bits per heavy atom. The Morgan fingerprint density at radius 3 is 2.32 bits per heavy atom. The van der Waals surface area contributed by atoms with Gasteiger partial charge in [-0.25, -0.2) is 8.42 Å². The van der Waals surface area contributed by atoms with Crippen molar-refractivity contribution in [1.29, 1.82) is 0 Å². The van der Waals surface area contributed by atoms with E-state index in [9.17, 15) is 8.42 Å². The molecular weight excluding hydrogens is 264 g/mol. The minimum atomic E-state index is -3.25. The lowest BCUT2D eigenvalue weighted by Gasteiger charge is -2.18. The van der Waals surface area contributed by atoms with Crippen LogP contribution in [0.4, 0.5) is 0 Å². The van der Waals surface area contributed by atoms with E-state index < -0.39 is 10.0 Å². The molecule has 0 fully saturated rings. The first kappa shape index (κ1) is 15.7. The summed E-state index contributed by atoms with van der Waals surface area (Å²) in [7, 11) is -1.80. The molecule has 0 spiro atoms. The number of likely N-dealkylation sites (N-methyl/N-ethyl adjacent to an activating group) is 1. The standard InChI is InChI=1S/C13H20N2O3S/c1-5-15(19(4,16)17)10-13(14-18-3)12-8-6-11(2)7-9-12/h6-9H,5,10H2,1-4H3/b14-13-. The fraction of sp³-hybridized carbons (Fsp3) is 0.462. The Balaban J connectivity index is 3.03. The highest BCUT2D eigenvalue weighted by molar-refractivity contribution is 7.88. The molecule has 0 heterocycles. The average molecular weight is 284 g/mol. The number of oxime groups is 1. The Morgan fingerprint density at radius 1 is 1.32 bits per heavy atom. The fourth-order valence-corrected chi connectivity index (χ4v) is 2.49. The maximum Gasteiger partial charge on any atom is 0.211 e. The maximum absolute atomic E-state index is 11.6. The molecule has 0 radical (unpaired) electrons. The van der Waals surface area contributed by atoms with Crippen LogP contribution in [0.15, 0.2) is 29.4 Å². The van der Waals surface area contributed by atoms with Crippen LogP contribution < -0.4 is 0 Å². The van der Waals surface area contributed by atoms with Crippen LogP contribution in [0.3, 0.4) is 0 Å². The van der Waals surface area contributed by atoms with Gasteiger partial charge in [-0.2, -0.15) is 4.31 Å². The van der Waals surface area contributed by atoms with Gasteiger partial charge in [-0.05, 0) is 6.92 Å². The van der Waals surface area contributed by atoms with Gasteiger partial charge in [0.05, 0.1) is 12.8 Å². The van der Waals surface area contributed by atoms with Gasteiger partial charge in [0.2, 0.25) is 10.0 Å². The number of aryl methyl sites for hydroxylation is 1. The molecule has 5 nitrogen and oxygen atoms in total. The smallest absolute Gasteiger partial charge is 0.211 e. The average Bonchev–Trinajstić information content (AvgIpc) is 2.34. The van der Waals surface area contributed by atoms with Crippen molar-refractivity contribution in [3.63, 3.8) is 0 Å². The maximum atomic E-state index is 11.6. The zero-order chi connectivity index (χ0) is 14.5. The van der Waals surface area contributed by atoms with E-state index in [2.05, 4.69) is 5.16 Å². The molecule has 0 atom stereocenters. The molecule has 0 aromatic heterocycles. The molecular formula is C13H20N2O3S. The topological polar surface area (TPSA) is 59.0 Å². The molecule has 1 aromatic rings. The first-order valence-electron chi connectivity index (χ1n) is 6.00. The monoisotopic (exact) mass is 284 g/mol. The first-order valence-corrected chi connectivity index (χ1v) is 7.85. The van der Waals surface area contributed by atoms with Gasteiger partial charge >= 0.3 is 0 Å². The molecule has 0 saturated carbocycles. The molecule has 1 aromatic carbocycles. The number of benzene rings is 1. The van der Waals surface area contributed by atoms with E-state index >= 15 is 0 Å². The molecule has 19 heavy (non-hydrogen) atoms. The summed E-state index contributed by atoms with van der Waals surface area (Å²) in [4.78, 5) is 4.81. The molecule has 0 amide bonds. The van der Waals surface area contributed by atoms with Gasteiger partial charge in [0.1, 0.15) is 12.8 Å². The van der Waals surface area contributed by atoms with E-state index in [-0.39, 0.29) is 6.54 Å². The summed E-state index contributed by atoms with van der Waals surface area (Å²) in [6, 6.07) is 7.72. The summed E-state index contributed by atoms with van der Waals surface area (Å²) in [6.45, 7) is 4.38. The lowest BCUT2D eigenvalue weighted by molar-refractivity contribution is 0.212. The summed E-state index contributed by atoms with van der Waals surface area (Å²) in [5.41, 5.74) is 2.58. The summed E-state index contributed by atoms with van der Waals surface area (Å²) in [6.07, 6.45) is 1.19. The van der Waals surface area contributed by atoms with Gasteiger partial charge in [0.15, 0.2) is 0 Å². The SMILES string of the molecule is CCN(C/C(=N/OC)c1ccc(C)cc1)S(C)(=O)=O. The van der Waals surface area contributed by atoms with Crippen LogP contribution in [0.2, 0.25) is 0 Å². The van der Waals surface area contributed by atoms with E-state index in [0.717, 1.165) is 11.1 Å². The highest BCUT2D eigenvalue weighted by atomic mass is 32.2. The second kappa shape index (κ2) is 6.68. The van der Waals surface area contributed by atoms with E-state index in [4.69, 9.17) is 4.84 Å². The highest BCUT2D eigenvalue weighted by Gasteiger charge is 2.18. The van der Waals surface area contributed by atoms with Crippen molar-refractivity contribution in [2.45, 2.75) is 13.8 Å². The Bertz CT molecular complexity index is 536. The van der Waals surface area contributed by atoms with Gasteiger partial charge < -0.3 is 4.84 Å². The summed E-state index contributed by atoms with van der Waals surface area (Å²) in [5.74, 6) is 0. The number of hydrogen-bond acceptors (Lipinski definition) is 4. The predicted octanol–water partition coefficient (Wildman–Crippen LogP) is 1.63. The second-order valence-corrected chi connectivity index (χ2v) is 6.26. The third kappa shape index (κ3) is 4.65. The molecule has 0 aliphatic rings. The largest absolute Gasteiger partial charge is 0.399 e. The van der Waals surface area contributed by atoms with Crippen molar-refractivity contribution in [3.8, 4) is 0 Å². The molecule has 0 bridgehead atoms. The normalized spacial score (nSPS) is 12.8. The molecule has 0 aliphatic carbocycles. The van der Waals surface area contributed by atoms with E-state index in [0.29, 0.717) is 12.3 Å². The summed E-state index contributed by atoms with van der Waals surface area (Å²) in [5, 5.41) is 3.94. The van der Waals surface area contributed by atoms with Crippen LogP contribution in [-0.2, 0) is 14.9 Å². The van der Waals surface area contributed by atoms with Crippen molar-refractivity contribution >= 4 is 15.7 Å². The molecule has 0 unspecified atom stereocenters. The molecule has 0 saturated heterocycles. The third-order valence-corrected chi connectivity index (χ3v) is 4.06. The number of sulfonamides is 1. The van der Waals surface area contributed by atoms with Crippen molar-refractivity contribution < 1.29 is 13.3 Å². The molecule has 0 aliphatic heterocycles. The zero-order valence-corrected chi connectivity index (χ0v) is 12.6. The quantitative estimate of drug-likeness (QED) is 0.589. The van der Waals surface area contributed by atoms with Crippen molar-refractivity contribution in [3.05, 3.63) is 35.4 Å². The van der Waals surface area contributed by atoms with Gasteiger partial charge in [-0.15, -0.1) is 0 Å². The van der Waals surface area contributed by atoms with Gasteiger partial charge in [-0.1, -0.05) is 41.9 Å². The number of rotatable bonds is 6. The number of hydrogen-bond donors (Lipinski definition) is 0. The van der Waals surface area contributed by atoms with Crippen LogP contribution in [0.5, 0.6) is 0 Å². The second-order valence-electron chi connectivity index (χ2n) is 4.28. The summed E-state index contributed by atoms with van der Waals surface area (Å²) >= 11 is 0. The van der Waals surface area contributed by atoms with Crippen LogP contribution in [0.1, 0.15) is 18.1 Å². The lowest BCUT2D eigenvalue weighted by atomic mass is 10.1. The van der Waals surface area contributed by atoms with Crippen LogP contribution in [-0.4, -0.2) is 44.9 Å². The highest BCUT2D eigenvalue weighted by Crippen LogP contribution is 2.08. The Kier molecular flexibility index (Phi) is 5.50. The van der Waals surface area contributed by atoms with Crippen molar-refractivity contribution in [2.24, 2.45) is 5.16 Å². The predicted molar refractivity (Wildman–Crippen MR) is 76.8 cm³/mol. The number of nitrogens with zero attached hydrogens (tertiary/aromatic N) is 2. The Labute approximate surface area is 114 Å². The third-order valence-electron chi connectivity index (χ3n) is 2.73.